The lowest BCUT2D eigenvalue weighted by Gasteiger charge is -2.30. The molecule has 1 saturated heterocycles. The third-order valence-electron chi connectivity index (χ3n) is 2.94. The van der Waals surface area contributed by atoms with E-state index in [1.54, 1.807) is 12.5 Å². The minimum atomic E-state index is 0.0614. The van der Waals surface area contributed by atoms with Gasteiger partial charge in [-0.2, -0.15) is 0 Å². The van der Waals surface area contributed by atoms with E-state index in [2.05, 4.69) is 9.97 Å². The van der Waals surface area contributed by atoms with Crippen LogP contribution in [0, 0.1) is 0 Å². The van der Waals surface area contributed by atoms with Gasteiger partial charge in [0.05, 0.1) is 11.9 Å². The van der Waals surface area contributed by atoms with Crippen LogP contribution in [-0.4, -0.2) is 38.4 Å². The molecule has 3 heterocycles. The Morgan fingerprint density at radius 3 is 2.88 bits per heavy atom. The summed E-state index contributed by atoms with van der Waals surface area (Å²) in [6.07, 6.45) is 4.44. The number of amides is 1. The SMILES string of the molecule is Cn1cnc2cc(C(=O)N3CCC3)cnc21. The van der Waals surface area contributed by atoms with Gasteiger partial charge in [-0.3, -0.25) is 4.79 Å². The highest BCUT2D eigenvalue weighted by atomic mass is 16.2. The molecule has 0 saturated carbocycles. The highest BCUT2D eigenvalue weighted by Crippen LogP contribution is 2.15. The van der Waals surface area contributed by atoms with Crippen LogP contribution in [0.3, 0.4) is 0 Å². The number of rotatable bonds is 1. The van der Waals surface area contributed by atoms with Crippen LogP contribution in [0.2, 0.25) is 0 Å². The first kappa shape index (κ1) is 9.33. The molecule has 0 spiro atoms. The minimum absolute atomic E-state index is 0.0614. The monoisotopic (exact) mass is 216 g/mol. The minimum Gasteiger partial charge on any atom is -0.338 e. The van der Waals surface area contributed by atoms with Gasteiger partial charge in [0.1, 0.15) is 5.52 Å². The molecule has 1 aliphatic heterocycles. The largest absolute Gasteiger partial charge is 0.338 e. The van der Waals surface area contributed by atoms with Crippen molar-refractivity contribution < 1.29 is 4.79 Å². The van der Waals surface area contributed by atoms with Crippen LogP contribution in [0.15, 0.2) is 18.6 Å². The van der Waals surface area contributed by atoms with Gasteiger partial charge >= 0.3 is 0 Å². The zero-order chi connectivity index (χ0) is 11.1. The maximum Gasteiger partial charge on any atom is 0.255 e. The fourth-order valence-electron chi connectivity index (χ4n) is 1.84. The van der Waals surface area contributed by atoms with Gasteiger partial charge in [-0.1, -0.05) is 0 Å². The second-order valence-corrected chi connectivity index (χ2v) is 4.07. The first-order chi connectivity index (χ1) is 7.75. The Morgan fingerprint density at radius 2 is 2.19 bits per heavy atom. The summed E-state index contributed by atoms with van der Waals surface area (Å²) in [4.78, 5) is 22.2. The van der Waals surface area contributed by atoms with E-state index in [0.717, 1.165) is 30.7 Å². The second kappa shape index (κ2) is 3.30. The molecular formula is C11H12N4O. The lowest BCUT2D eigenvalue weighted by Crippen LogP contribution is -2.42. The Morgan fingerprint density at radius 1 is 1.38 bits per heavy atom. The quantitative estimate of drug-likeness (QED) is 0.709. The number of fused-ring (bicyclic) bond motifs is 1. The topological polar surface area (TPSA) is 51.0 Å². The zero-order valence-electron chi connectivity index (χ0n) is 9.05. The van der Waals surface area contributed by atoms with Gasteiger partial charge < -0.3 is 9.47 Å². The van der Waals surface area contributed by atoms with E-state index in [1.165, 1.54) is 0 Å². The number of aromatic nitrogens is 3. The Labute approximate surface area is 92.7 Å². The third kappa shape index (κ3) is 1.28. The number of hydrogen-bond donors (Lipinski definition) is 0. The van der Waals surface area contributed by atoms with Gasteiger partial charge in [-0.15, -0.1) is 0 Å². The number of imidazole rings is 1. The maximum absolute atomic E-state index is 11.9. The van der Waals surface area contributed by atoms with Crippen LogP contribution >= 0.6 is 0 Å². The van der Waals surface area contributed by atoms with Crippen LogP contribution < -0.4 is 0 Å². The Kier molecular flexibility index (Phi) is 1.92. The molecular weight excluding hydrogens is 204 g/mol. The molecule has 1 fully saturated rings. The average molecular weight is 216 g/mol. The molecule has 0 atom stereocenters. The van der Waals surface area contributed by atoms with Crippen molar-refractivity contribution in [3.63, 3.8) is 0 Å². The lowest BCUT2D eigenvalue weighted by molar-refractivity contribution is 0.0651. The predicted molar refractivity (Wildman–Crippen MR) is 59.0 cm³/mol. The number of carbonyl (C=O) groups is 1. The Balaban J connectivity index is 2.01. The summed E-state index contributed by atoms with van der Waals surface area (Å²) >= 11 is 0. The lowest BCUT2D eigenvalue weighted by atomic mass is 10.1. The first-order valence-corrected chi connectivity index (χ1v) is 5.32. The summed E-state index contributed by atoms with van der Waals surface area (Å²) in [5, 5.41) is 0. The van der Waals surface area contributed by atoms with Crippen molar-refractivity contribution >= 4 is 17.1 Å². The average Bonchev–Trinajstić information content (AvgIpc) is 2.57. The normalized spacial score (nSPS) is 15.2. The standard InChI is InChI=1S/C11H12N4O/c1-14-7-13-9-5-8(6-12-10(9)14)11(16)15-3-2-4-15/h5-7H,2-4H2,1H3. The maximum atomic E-state index is 11.9. The van der Waals surface area contributed by atoms with E-state index in [4.69, 9.17) is 0 Å². The summed E-state index contributed by atoms with van der Waals surface area (Å²) in [6.45, 7) is 1.72. The number of likely N-dealkylation sites (tertiary alicyclic amines) is 1. The van der Waals surface area contributed by atoms with Crippen molar-refractivity contribution in [3.05, 3.63) is 24.2 Å². The number of carbonyl (C=O) groups excluding carboxylic acids is 1. The van der Waals surface area contributed by atoms with Gasteiger partial charge in [0, 0.05) is 26.3 Å². The molecule has 5 heteroatoms. The van der Waals surface area contributed by atoms with Crippen molar-refractivity contribution in [1.82, 2.24) is 19.4 Å². The third-order valence-corrected chi connectivity index (χ3v) is 2.94. The molecule has 0 N–H and O–H groups in total. The summed E-state index contributed by atoms with van der Waals surface area (Å²) < 4.78 is 1.84. The van der Waals surface area contributed by atoms with Crippen LogP contribution in [0.25, 0.3) is 11.2 Å². The molecule has 0 radical (unpaired) electrons. The fourth-order valence-corrected chi connectivity index (χ4v) is 1.84. The molecule has 1 amide bonds. The Hall–Kier alpha value is -1.91. The molecule has 82 valence electrons. The summed E-state index contributed by atoms with van der Waals surface area (Å²) in [6, 6.07) is 1.81. The van der Waals surface area contributed by atoms with E-state index < -0.39 is 0 Å². The van der Waals surface area contributed by atoms with Crippen molar-refractivity contribution in [2.75, 3.05) is 13.1 Å². The molecule has 1 aliphatic rings. The fraction of sp³-hybridized carbons (Fsp3) is 0.364. The van der Waals surface area contributed by atoms with Gasteiger partial charge in [0.15, 0.2) is 5.65 Å². The second-order valence-electron chi connectivity index (χ2n) is 4.07. The van der Waals surface area contributed by atoms with Crippen LogP contribution in [-0.2, 0) is 7.05 Å². The van der Waals surface area contributed by atoms with Gasteiger partial charge in [-0.05, 0) is 12.5 Å². The molecule has 0 bridgehead atoms. The molecule has 2 aromatic heterocycles. The van der Waals surface area contributed by atoms with Gasteiger partial charge in [0.25, 0.3) is 5.91 Å². The van der Waals surface area contributed by atoms with Crippen molar-refractivity contribution in [3.8, 4) is 0 Å². The molecule has 5 nitrogen and oxygen atoms in total. The highest BCUT2D eigenvalue weighted by Gasteiger charge is 2.22. The van der Waals surface area contributed by atoms with Crippen molar-refractivity contribution in [2.45, 2.75) is 6.42 Å². The summed E-state index contributed by atoms with van der Waals surface area (Å²) in [5.74, 6) is 0.0614. The Bertz CT molecular complexity index is 556. The summed E-state index contributed by atoms with van der Waals surface area (Å²) in [5.41, 5.74) is 2.21. The summed E-state index contributed by atoms with van der Waals surface area (Å²) in [7, 11) is 1.89. The van der Waals surface area contributed by atoms with E-state index in [-0.39, 0.29) is 5.91 Å². The van der Waals surface area contributed by atoms with Gasteiger partial charge in [0.2, 0.25) is 0 Å². The van der Waals surface area contributed by atoms with Crippen LogP contribution in [0.1, 0.15) is 16.8 Å². The van der Waals surface area contributed by atoms with E-state index in [9.17, 15) is 4.79 Å². The van der Waals surface area contributed by atoms with E-state index >= 15 is 0 Å². The van der Waals surface area contributed by atoms with Crippen molar-refractivity contribution in [1.29, 1.82) is 0 Å². The van der Waals surface area contributed by atoms with E-state index in [0.29, 0.717) is 5.56 Å². The molecule has 0 aromatic carbocycles. The smallest absolute Gasteiger partial charge is 0.255 e. The van der Waals surface area contributed by atoms with Crippen molar-refractivity contribution in [2.24, 2.45) is 7.05 Å². The molecule has 3 rings (SSSR count). The zero-order valence-corrected chi connectivity index (χ0v) is 9.05. The predicted octanol–water partition coefficient (Wildman–Crippen LogP) is 0.814. The molecule has 2 aromatic rings. The molecule has 0 unspecified atom stereocenters. The molecule has 16 heavy (non-hydrogen) atoms. The highest BCUT2D eigenvalue weighted by molar-refractivity contribution is 5.96. The number of nitrogens with zero attached hydrogens (tertiary/aromatic N) is 4. The van der Waals surface area contributed by atoms with Gasteiger partial charge in [-0.25, -0.2) is 9.97 Å². The van der Waals surface area contributed by atoms with Crippen LogP contribution in [0.5, 0.6) is 0 Å². The number of aryl methyl sites for hydroxylation is 1. The number of pyridine rings is 1. The number of hydrogen-bond acceptors (Lipinski definition) is 3. The molecule has 0 aliphatic carbocycles. The van der Waals surface area contributed by atoms with E-state index in [1.807, 2.05) is 22.6 Å². The first-order valence-electron chi connectivity index (χ1n) is 5.32. The van der Waals surface area contributed by atoms with Crippen LogP contribution in [0.4, 0.5) is 0 Å².